The quantitative estimate of drug-likeness (QED) is 0.251. The number of esters is 2. The molecule has 1 atom stereocenters. The van der Waals surface area contributed by atoms with Crippen LogP contribution in [0.2, 0.25) is 0 Å². The van der Waals surface area contributed by atoms with Gasteiger partial charge >= 0.3 is 11.9 Å². The van der Waals surface area contributed by atoms with Gasteiger partial charge in [0.25, 0.3) is 0 Å². The molecular formula is C24H30O4S. The molecule has 0 aliphatic heterocycles. The van der Waals surface area contributed by atoms with Crippen molar-refractivity contribution in [2.75, 3.05) is 12.4 Å². The second kappa shape index (κ2) is 12.3. The van der Waals surface area contributed by atoms with Crippen molar-refractivity contribution in [3.63, 3.8) is 0 Å². The topological polar surface area (TPSA) is 52.6 Å². The van der Waals surface area contributed by atoms with Crippen molar-refractivity contribution in [2.24, 2.45) is 0 Å². The van der Waals surface area contributed by atoms with Crippen molar-refractivity contribution >= 4 is 23.7 Å². The number of benzene rings is 2. The summed E-state index contributed by atoms with van der Waals surface area (Å²) in [5.74, 6) is 0.0770. The normalized spacial score (nSPS) is 11.7. The van der Waals surface area contributed by atoms with E-state index in [9.17, 15) is 9.59 Å². The minimum Gasteiger partial charge on any atom is -0.463 e. The number of thioether (sulfide) groups is 1. The zero-order valence-electron chi connectivity index (χ0n) is 17.5. The molecule has 2 aromatic rings. The number of unbranched alkanes of at least 4 members (excludes halogenated alkanes) is 3. The van der Waals surface area contributed by atoms with Gasteiger partial charge in [-0.25, -0.2) is 9.59 Å². The molecule has 0 bridgehead atoms. The van der Waals surface area contributed by atoms with Gasteiger partial charge in [-0.2, -0.15) is 0 Å². The Morgan fingerprint density at radius 3 is 2.10 bits per heavy atom. The van der Waals surface area contributed by atoms with Gasteiger partial charge in [-0.15, -0.1) is 11.8 Å². The number of hydrogen-bond acceptors (Lipinski definition) is 5. The second-order valence-electron chi connectivity index (χ2n) is 6.81. The highest BCUT2D eigenvalue weighted by atomic mass is 32.2. The predicted octanol–water partition coefficient (Wildman–Crippen LogP) is 6.13. The van der Waals surface area contributed by atoms with E-state index in [-0.39, 0.29) is 6.61 Å². The molecule has 5 heteroatoms. The average molecular weight is 415 g/mol. The van der Waals surface area contributed by atoms with Crippen molar-refractivity contribution in [3.8, 4) is 11.1 Å². The lowest BCUT2D eigenvalue weighted by Crippen LogP contribution is -2.26. The van der Waals surface area contributed by atoms with Crippen LogP contribution in [0.15, 0.2) is 53.4 Å². The van der Waals surface area contributed by atoms with Crippen molar-refractivity contribution < 1.29 is 19.1 Å². The number of hydrogen-bond donors (Lipinski definition) is 0. The summed E-state index contributed by atoms with van der Waals surface area (Å²) in [5.41, 5.74) is 2.53. The molecule has 4 nitrogen and oxygen atoms in total. The molecule has 0 unspecified atom stereocenters. The van der Waals surface area contributed by atoms with Crippen LogP contribution in [0.5, 0.6) is 0 Å². The Morgan fingerprint density at radius 2 is 1.52 bits per heavy atom. The highest BCUT2D eigenvalue weighted by molar-refractivity contribution is 7.99. The minimum absolute atomic E-state index is 0.256. The lowest BCUT2D eigenvalue weighted by Gasteiger charge is -2.12. The summed E-state index contributed by atoms with van der Waals surface area (Å²) in [6.07, 6.45) is 4.21. The fraction of sp³-hybridized carbons (Fsp3) is 0.417. The summed E-state index contributed by atoms with van der Waals surface area (Å²) < 4.78 is 10.0. The Bertz CT molecular complexity index is 768. The maximum absolute atomic E-state index is 12.2. The van der Waals surface area contributed by atoms with E-state index in [0.717, 1.165) is 16.9 Å². The molecule has 2 aromatic carbocycles. The Kier molecular flexibility index (Phi) is 9.78. The smallest absolute Gasteiger partial charge is 0.347 e. The first-order valence-corrected chi connectivity index (χ1v) is 11.2. The number of ether oxygens (including phenoxy) is 2. The van der Waals surface area contributed by atoms with Crippen LogP contribution < -0.4 is 0 Å². The Balaban J connectivity index is 1.90. The molecule has 0 saturated heterocycles. The molecule has 0 aromatic heterocycles. The number of carbonyl (C=O) groups is 2. The highest BCUT2D eigenvalue weighted by Gasteiger charge is 2.19. The molecule has 0 aliphatic carbocycles. The molecule has 29 heavy (non-hydrogen) atoms. The van der Waals surface area contributed by atoms with Gasteiger partial charge in [-0.05, 0) is 61.4 Å². The number of rotatable bonds is 11. The molecule has 0 radical (unpaired) electrons. The van der Waals surface area contributed by atoms with E-state index < -0.39 is 18.0 Å². The molecule has 0 amide bonds. The van der Waals surface area contributed by atoms with E-state index >= 15 is 0 Å². The Hall–Kier alpha value is -2.27. The first kappa shape index (κ1) is 23.0. The summed E-state index contributed by atoms with van der Waals surface area (Å²) in [7, 11) is 0. The number of carbonyl (C=O) groups excluding carboxylic acids is 2. The maximum Gasteiger partial charge on any atom is 0.347 e. The van der Waals surface area contributed by atoms with Gasteiger partial charge in [0.2, 0.25) is 0 Å². The van der Waals surface area contributed by atoms with Gasteiger partial charge in [0.15, 0.2) is 6.10 Å². The lowest BCUT2D eigenvalue weighted by molar-refractivity contribution is -0.152. The average Bonchev–Trinajstić information content (AvgIpc) is 2.74. The van der Waals surface area contributed by atoms with Crippen LogP contribution in [0, 0.1) is 0 Å². The Labute approximate surface area is 178 Å². The zero-order valence-corrected chi connectivity index (χ0v) is 18.3. The maximum atomic E-state index is 12.2. The van der Waals surface area contributed by atoms with Gasteiger partial charge in [-0.1, -0.05) is 50.5 Å². The van der Waals surface area contributed by atoms with Crippen LogP contribution in [0.1, 0.15) is 56.8 Å². The van der Waals surface area contributed by atoms with Gasteiger partial charge in [-0.3, -0.25) is 0 Å². The van der Waals surface area contributed by atoms with Gasteiger partial charge < -0.3 is 9.47 Å². The third-order valence-electron chi connectivity index (χ3n) is 4.48. The van der Waals surface area contributed by atoms with Crippen LogP contribution in [-0.4, -0.2) is 30.4 Å². The standard InChI is InChI=1S/C24H30O4S/c1-4-6-7-8-17-29-22-15-13-20(14-16-22)19-9-11-21(12-10-19)24(26)28-18(3)23(25)27-5-2/h9-16,18H,4-8,17H2,1-3H3/t18-/m0/s1. The molecule has 156 valence electrons. The van der Waals surface area contributed by atoms with Crippen LogP contribution in [-0.2, 0) is 14.3 Å². The summed E-state index contributed by atoms with van der Waals surface area (Å²) in [6, 6.07) is 15.7. The van der Waals surface area contributed by atoms with E-state index in [0.29, 0.717) is 5.56 Å². The van der Waals surface area contributed by atoms with E-state index in [1.807, 2.05) is 23.9 Å². The van der Waals surface area contributed by atoms with Gasteiger partial charge in [0, 0.05) is 4.90 Å². The summed E-state index contributed by atoms with van der Waals surface area (Å²) in [5, 5.41) is 0. The van der Waals surface area contributed by atoms with Gasteiger partial charge in [0.1, 0.15) is 0 Å². The largest absolute Gasteiger partial charge is 0.463 e. The zero-order chi connectivity index (χ0) is 21.1. The van der Waals surface area contributed by atoms with Crippen molar-refractivity contribution in [2.45, 2.75) is 57.5 Å². The molecule has 2 rings (SSSR count). The van der Waals surface area contributed by atoms with E-state index in [1.54, 1.807) is 19.1 Å². The molecule has 0 heterocycles. The van der Waals surface area contributed by atoms with Crippen LogP contribution >= 0.6 is 11.8 Å². The van der Waals surface area contributed by atoms with E-state index in [2.05, 4.69) is 31.2 Å². The molecule has 0 saturated carbocycles. The van der Waals surface area contributed by atoms with Crippen LogP contribution in [0.4, 0.5) is 0 Å². The SMILES string of the molecule is CCCCCCSc1ccc(-c2ccc(C(=O)O[C@@H](C)C(=O)OCC)cc2)cc1. The predicted molar refractivity (Wildman–Crippen MR) is 118 cm³/mol. The van der Waals surface area contributed by atoms with Crippen LogP contribution in [0.3, 0.4) is 0 Å². The first-order valence-electron chi connectivity index (χ1n) is 10.3. The highest BCUT2D eigenvalue weighted by Crippen LogP contribution is 2.25. The monoisotopic (exact) mass is 414 g/mol. The molecule has 0 N–H and O–H groups in total. The molecule has 0 aliphatic rings. The van der Waals surface area contributed by atoms with Crippen molar-refractivity contribution in [3.05, 3.63) is 54.1 Å². The summed E-state index contributed by atoms with van der Waals surface area (Å²) in [6.45, 7) is 5.70. The fourth-order valence-corrected chi connectivity index (χ4v) is 3.71. The molecular weight excluding hydrogens is 384 g/mol. The summed E-state index contributed by atoms with van der Waals surface area (Å²) >= 11 is 1.89. The molecule has 0 spiro atoms. The fourth-order valence-electron chi connectivity index (χ4n) is 2.80. The third kappa shape index (κ3) is 7.58. The Morgan fingerprint density at radius 1 is 0.897 bits per heavy atom. The van der Waals surface area contributed by atoms with E-state index in [4.69, 9.17) is 9.47 Å². The third-order valence-corrected chi connectivity index (χ3v) is 5.58. The van der Waals surface area contributed by atoms with Gasteiger partial charge in [0.05, 0.1) is 12.2 Å². The van der Waals surface area contributed by atoms with Crippen molar-refractivity contribution in [1.82, 2.24) is 0 Å². The lowest BCUT2D eigenvalue weighted by atomic mass is 10.0. The summed E-state index contributed by atoms with van der Waals surface area (Å²) in [4.78, 5) is 25.1. The minimum atomic E-state index is -0.922. The van der Waals surface area contributed by atoms with Crippen molar-refractivity contribution in [1.29, 1.82) is 0 Å². The van der Waals surface area contributed by atoms with Crippen LogP contribution in [0.25, 0.3) is 11.1 Å². The second-order valence-corrected chi connectivity index (χ2v) is 7.98. The molecule has 0 fully saturated rings. The van der Waals surface area contributed by atoms with E-state index in [1.165, 1.54) is 37.5 Å². The first-order chi connectivity index (χ1) is 14.0.